The van der Waals surface area contributed by atoms with Gasteiger partial charge in [-0.1, -0.05) is 18.2 Å². The predicted molar refractivity (Wildman–Crippen MR) is 55.6 cm³/mol. The summed E-state index contributed by atoms with van der Waals surface area (Å²) in [7, 11) is 1.65. The molecule has 0 aliphatic heterocycles. The van der Waals surface area contributed by atoms with E-state index >= 15 is 0 Å². The van der Waals surface area contributed by atoms with Crippen LogP contribution in [0.1, 0.15) is 18.1 Å². The molecule has 0 aliphatic rings. The number of allylic oxidation sites excluding steroid dienone is 1. The van der Waals surface area contributed by atoms with Crippen LogP contribution in [0.3, 0.4) is 0 Å². The van der Waals surface area contributed by atoms with Crippen molar-refractivity contribution in [3.63, 3.8) is 0 Å². The molecule has 2 N–H and O–H groups in total. The Bertz CT molecular complexity index is 318. The number of methoxy groups -OCH3 is 1. The number of hydrogen-bond acceptors (Lipinski definition) is 2. The molecule has 2 heteroatoms. The first-order chi connectivity index (χ1) is 6.19. The first kappa shape index (κ1) is 9.81. The maximum absolute atomic E-state index is 5.59. The van der Waals surface area contributed by atoms with Gasteiger partial charge in [-0.05, 0) is 24.6 Å². The number of rotatable bonds is 3. The second-order valence-electron chi connectivity index (χ2n) is 3.01. The van der Waals surface area contributed by atoms with Crippen LogP contribution in [-0.4, -0.2) is 7.11 Å². The van der Waals surface area contributed by atoms with E-state index in [2.05, 4.69) is 6.58 Å². The molecule has 0 atom stereocenters. The summed E-state index contributed by atoms with van der Waals surface area (Å²) in [6.45, 7) is 6.34. The summed E-state index contributed by atoms with van der Waals surface area (Å²) in [5, 5.41) is 0. The minimum atomic E-state index is 0.490. The van der Waals surface area contributed by atoms with Crippen LogP contribution in [0.5, 0.6) is 5.75 Å². The third kappa shape index (κ3) is 2.10. The van der Waals surface area contributed by atoms with Gasteiger partial charge < -0.3 is 10.5 Å². The molecule has 1 rings (SSSR count). The van der Waals surface area contributed by atoms with Gasteiger partial charge >= 0.3 is 0 Å². The van der Waals surface area contributed by atoms with Crippen LogP contribution >= 0.6 is 0 Å². The Morgan fingerprint density at radius 2 is 2.23 bits per heavy atom. The molecule has 0 amide bonds. The van der Waals surface area contributed by atoms with Gasteiger partial charge in [0.25, 0.3) is 0 Å². The summed E-state index contributed by atoms with van der Waals surface area (Å²) in [6, 6.07) is 5.92. The van der Waals surface area contributed by atoms with Gasteiger partial charge in [-0.2, -0.15) is 0 Å². The van der Waals surface area contributed by atoms with Crippen molar-refractivity contribution in [1.29, 1.82) is 0 Å². The van der Waals surface area contributed by atoms with E-state index in [0.29, 0.717) is 6.54 Å². The van der Waals surface area contributed by atoms with Crippen molar-refractivity contribution in [1.82, 2.24) is 0 Å². The summed E-state index contributed by atoms with van der Waals surface area (Å²) in [4.78, 5) is 0. The molecule has 0 unspecified atom stereocenters. The summed E-state index contributed by atoms with van der Waals surface area (Å²) < 4.78 is 5.16. The van der Waals surface area contributed by atoms with Crippen LogP contribution < -0.4 is 10.5 Å². The Kier molecular flexibility index (Phi) is 3.09. The Hall–Kier alpha value is -1.28. The highest BCUT2D eigenvalue weighted by atomic mass is 16.5. The van der Waals surface area contributed by atoms with Crippen LogP contribution in [0, 0.1) is 0 Å². The zero-order valence-corrected chi connectivity index (χ0v) is 8.13. The van der Waals surface area contributed by atoms with E-state index in [4.69, 9.17) is 10.5 Å². The number of hydrogen-bond donors (Lipinski definition) is 1. The fraction of sp³-hybridized carbons (Fsp3) is 0.273. The smallest absolute Gasteiger partial charge is 0.123 e. The molecule has 0 spiro atoms. The van der Waals surface area contributed by atoms with Gasteiger partial charge in [0.1, 0.15) is 5.75 Å². The van der Waals surface area contributed by atoms with Crippen molar-refractivity contribution < 1.29 is 4.74 Å². The predicted octanol–water partition coefficient (Wildman–Crippen LogP) is 2.19. The highest BCUT2D eigenvalue weighted by Crippen LogP contribution is 2.22. The minimum Gasteiger partial charge on any atom is -0.496 e. The highest BCUT2D eigenvalue weighted by molar-refractivity contribution is 5.63. The van der Waals surface area contributed by atoms with Gasteiger partial charge in [-0.3, -0.25) is 0 Å². The van der Waals surface area contributed by atoms with E-state index in [1.165, 1.54) is 0 Å². The monoisotopic (exact) mass is 177 g/mol. The van der Waals surface area contributed by atoms with E-state index in [1.54, 1.807) is 7.11 Å². The van der Waals surface area contributed by atoms with Crippen LogP contribution in [0.4, 0.5) is 0 Å². The van der Waals surface area contributed by atoms with Crippen molar-refractivity contribution in [2.75, 3.05) is 7.11 Å². The summed E-state index contributed by atoms with van der Waals surface area (Å²) in [6.07, 6.45) is 0. The first-order valence-corrected chi connectivity index (χ1v) is 4.22. The lowest BCUT2D eigenvalue weighted by molar-refractivity contribution is 0.410. The molecule has 0 fully saturated rings. The lowest BCUT2D eigenvalue weighted by atomic mass is 10.1. The molecule has 70 valence electrons. The fourth-order valence-electron chi connectivity index (χ4n) is 1.20. The van der Waals surface area contributed by atoms with Crippen molar-refractivity contribution in [2.45, 2.75) is 13.5 Å². The molecule has 0 radical (unpaired) electrons. The van der Waals surface area contributed by atoms with E-state index in [9.17, 15) is 0 Å². The zero-order chi connectivity index (χ0) is 9.84. The van der Waals surface area contributed by atoms with E-state index in [0.717, 1.165) is 22.4 Å². The average Bonchev–Trinajstić information content (AvgIpc) is 2.16. The topological polar surface area (TPSA) is 35.2 Å². The van der Waals surface area contributed by atoms with E-state index in [-0.39, 0.29) is 0 Å². The maximum atomic E-state index is 5.59. The molecule has 0 aromatic heterocycles. The third-order valence-corrected chi connectivity index (χ3v) is 1.99. The van der Waals surface area contributed by atoms with Crippen molar-refractivity contribution in [2.24, 2.45) is 5.73 Å². The second-order valence-corrected chi connectivity index (χ2v) is 3.01. The van der Waals surface area contributed by atoms with Gasteiger partial charge in [0.15, 0.2) is 0 Å². The Morgan fingerprint density at radius 3 is 2.69 bits per heavy atom. The Morgan fingerprint density at radius 1 is 1.54 bits per heavy atom. The highest BCUT2D eigenvalue weighted by Gasteiger charge is 2.02. The van der Waals surface area contributed by atoms with Crippen LogP contribution in [0.2, 0.25) is 0 Å². The van der Waals surface area contributed by atoms with Crippen LogP contribution in [-0.2, 0) is 6.54 Å². The largest absolute Gasteiger partial charge is 0.496 e. The quantitative estimate of drug-likeness (QED) is 0.768. The minimum absolute atomic E-state index is 0.490. The van der Waals surface area contributed by atoms with Crippen molar-refractivity contribution in [3.8, 4) is 5.75 Å². The molecule has 0 saturated carbocycles. The lowest BCUT2D eigenvalue weighted by Gasteiger charge is -2.08. The molecule has 0 aliphatic carbocycles. The van der Waals surface area contributed by atoms with Gasteiger partial charge in [0, 0.05) is 12.1 Å². The zero-order valence-electron chi connectivity index (χ0n) is 8.13. The molecular weight excluding hydrogens is 162 g/mol. The SMILES string of the molecule is C=C(C)c1ccc(OC)c(CN)c1. The molecule has 0 saturated heterocycles. The molecular formula is C11H15NO. The molecule has 2 nitrogen and oxygen atoms in total. The first-order valence-electron chi connectivity index (χ1n) is 4.22. The average molecular weight is 177 g/mol. The maximum Gasteiger partial charge on any atom is 0.123 e. The van der Waals surface area contributed by atoms with Crippen LogP contribution in [0.15, 0.2) is 24.8 Å². The molecule has 0 bridgehead atoms. The Balaban J connectivity index is 3.13. The third-order valence-electron chi connectivity index (χ3n) is 1.99. The number of ether oxygens (including phenoxy) is 1. The van der Waals surface area contributed by atoms with E-state index < -0.39 is 0 Å². The fourth-order valence-corrected chi connectivity index (χ4v) is 1.20. The summed E-state index contributed by atoms with van der Waals surface area (Å²) in [5.41, 5.74) is 8.75. The van der Waals surface area contributed by atoms with Gasteiger partial charge in [0.05, 0.1) is 7.11 Å². The molecule has 1 aromatic carbocycles. The standard InChI is InChI=1S/C11H15NO/c1-8(2)9-4-5-11(13-3)10(6-9)7-12/h4-6H,1,7,12H2,2-3H3. The normalized spacial score (nSPS) is 9.77. The van der Waals surface area contributed by atoms with Crippen molar-refractivity contribution in [3.05, 3.63) is 35.9 Å². The van der Waals surface area contributed by atoms with Crippen molar-refractivity contribution >= 4 is 5.57 Å². The van der Waals surface area contributed by atoms with Crippen LogP contribution in [0.25, 0.3) is 5.57 Å². The van der Waals surface area contributed by atoms with Gasteiger partial charge in [0.2, 0.25) is 0 Å². The summed E-state index contributed by atoms with van der Waals surface area (Å²) >= 11 is 0. The number of nitrogens with two attached hydrogens (primary N) is 1. The second kappa shape index (κ2) is 4.10. The van der Waals surface area contributed by atoms with E-state index in [1.807, 2.05) is 25.1 Å². The molecule has 1 aromatic rings. The summed E-state index contributed by atoms with van der Waals surface area (Å²) in [5.74, 6) is 0.840. The number of benzene rings is 1. The van der Waals surface area contributed by atoms with Gasteiger partial charge in [-0.15, -0.1) is 0 Å². The van der Waals surface area contributed by atoms with Gasteiger partial charge in [-0.25, -0.2) is 0 Å². The molecule has 0 heterocycles. The Labute approximate surface area is 79.0 Å². The molecule has 13 heavy (non-hydrogen) atoms. The lowest BCUT2D eigenvalue weighted by Crippen LogP contribution is -2.00.